The SMILES string of the molecule is CC(=O)CN1CC[C@]23c4c5ccc(OC(C)=O)c4O[C@H]2[C@@H](N(CCCc2ccccc2)C(=O)CCCCC(=O)c2ccccc2)CC[C@H]3[C@H]1C5. The number of carbonyl (C=O) groups excluding carboxylic acids is 4. The van der Waals surface area contributed by atoms with Crippen molar-refractivity contribution in [1.82, 2.24) is 9.80 Å². The van der Waals surface area contributed by atoms with Crippen LogP contribution in [0, 0.1) is 5.92 Å². The van der Waals surface area contributed by atoms with Crippen LogP contribution in [-0.4, -0.2) is 71.1 Å². The minimum atomic E-state index is -0.390. The lowest BCUT2D eigenvalue weighted by atomic mass is 9.51. The van der Waals surface area contributed by atoms with Gasteiger partial charge < -0.3 is 14.4 Å². The number of aryl methyl sites for hydroxylation is 1. The minimum Gasteiger partial charge on any atom is -0.483 e. The molecule has 7 rings (SSSR count). The molecule has 2 aliphatic heterocycles. The third-order valence-electron chi connectivity index (χ3n) is 11.6. The van der Waals surface area contributed by atoms with E-state index in [0.717, 1.165) is 50.6 Å². The third-order valence-corrected chi connectivity index (χ3v) is 11.6. The Kier molecular flexibility index (Phi) is 9.91. The lowest BCUT2D eigenvalue weighted by molar-refractivity contribution is -0.143. The first kappa shape index (κ1) is 34.2. The quantitative estimate of drug-likeness (QED) is 0.0832. The number of nitrogens with zero attached hydrogens (tertiary/aromatic N) is 2. The van der Waals surface area contributed by atoms with Crippen molar-refractivity contribution >= 4 is 23.4 Å². The molecule has 2 fully saturated rings. The molecule has 2 aliphatic carbocycles. The molecule has 1 saturated carbocycles. The molecule has 2 heterocycles. The van der Waals surface area contributed by atoms with E-state index in [0.29, 0.717) is 55.8 Å². The highest BCUT2D eigenvalue weighted by Gasteiger charge is 2.66. The van der Waals surface area contributed by atoms with E-state index in [1.165, 1.54) is 18.1 Å². The van der Waals surface area contributed by atoms with Gasteiger partial charge in [0.25, 0.3) is 0 Å². The molecule has 0 aromatic heterocycles. The van der Waals surface area contributed by atoms with E-state index in [4.69, 9.17) is 9.47 Å². The number of hydrogen-bond donors (Lipinski definition) is 0. The first-order valence-electron chi connectivity index (χ1n) is 18.4. The van der Waals surface area contributed by atoms with E-state index in [2.05, 4.69) is 40.1 Å². The van der Waals surface area contributed by atoms with Gasteiger partial charge in [-0.05, 0) is 87.9 Å². The highest BCUT2D eigenvalue weighted by atomic mass is 16.6. The number of unbranched alkanes of at least 4 members (excludes halogenated alkanes) is 1. The van der Waals surface area contributed by atoms with Gasteiger partial charge in [-0.3, -0.25) is 24.1 Å². The van der Waals surface area contributed by atoms with Gasteiger partial charge in [-0.15, -0.1) is 0 Å². The van der Waals surface area contributed by atoms with Crippen LogP contribution in [0.2, 0.25) is 0 Å². The molecule has 4 aliphatic rings. The number of hydrogen-bond acceptors (Lipinski definition) is 7. The summed E-state index contributed by atoms with van der Waals surface area (Å²) in [5, 5.41) is 0. The van der Waals surface area contributed by atoms with Crippen molar-refractivity contribution in [2.24, 2.45) is 5.92 Å². The largest absolute Gasteiger partial charge is 0.483 e. The summed E-state index contributed by atoms with van der Waals surface area (Å²) in [4.78, 5) is 56.1. The van der Waals surface area contributed by atoms with Crippen molar-refractivity contribution in [3.05, 3.63) is 95.1 Å². The van der Waals surface area contributed by atoms with Crippen molar-refractivity contribution in [1.29, 1.82) is 0 Å². The van der Waals surface area contributed by atoms with Crippen LogP contribution in [0.15, 0.2) is 72.8 Å². The van der Waals surface area contributed by atoms with Gasteiger partial charge in [0.2, 0.25) is 5.91 Å². The summed E-state index contributed by atoms with van der Waals surface area (Å²) in [6.07, 6.45) is 6.87. The number of Topliss-reactive ketones (excluding diaryl/α,β-unsaturated/α-hetero) is 2. The number of amides is 1. The van der Waals surface area contributed by atoms with Gasteiger partial charge in [0.15, 0.2) is 17.3 Å². The number of ketones is 2. The van der Waals surface area contributed by atoms with Gasteiger partial charge in [0.1, 0.15) is 11.9 Å². The molecular weight excluding hydrogens is 628 g/mol. The lowest BCUT2D eigenvalue weighted by Gasteiger charge is -2.60. The number of esters is 1. The van der Waals surface area contributed by atoms with Gasteiger partial charge in [-0.25, -0.2) is 0 Å². The fraction of sp³-hybridized carbons (Fsp3) is 0.476. The second-order valence-electron chi connectivity index (χ2n) is 14.7. The molecule has 1 saturated heterocycles. The average molecular weight is 677 g/mol. The Morgan fingerprint density at radius 2 is 1.64 bits per heavy atom. The fourth-order valence-corrected chi connectivity index (χ4v) is 9.67. The molecule has 50 heavy (non-hydrogen) atoms. The maximum atomic E-state index is 14.4. The molecule has 0 unspecified atom stereocenters. The number of ether oxygens (including phenoxy) is 2. The van der Waals surface area contributed by atoms with Crippen molar-refractivity contribution in [3.63, 3.8) is 0 Å². The molecule has 5 atom stereocenters. The second-order valence-corrected chi connectivity index (χ2v) is 14.7. The Hall–Kier alpha value is -4.30. The van der Waals surface area contributed by atoms with Crippen LogP contribution >= 0.6 is 0 Å². The van der Waals surface area contributed by atoms with Crippen LogP contribution in [0.1, 0.15) is 92.3 Å². The van der Waals surface area contributed by atoms with Crippen LogP contribution in [0.3, 0.4) is 0 Å². The van der Waals surface area contributed by atoms with Gasteiger partial charge in [0.05, 0.1) is 12.6 Å². The zero-order chi connectivity index (χ0) is 34.8. The van der Waals surface area contributed by atoms with E-state index in [1.807, 2.05) is 42.5 Å². The second kappa shape index (κ2) is 14.5. The predicted molar refractivity (Wildman–Crippen MR) is 190 cm³/mol. The third kappa shape index (κ3) is 6.50. The van der Waals surface area contributed by atoms with Gasteiger partial charge in [0, 0.05) is 48.9 Å². The summed E-state index contributed by atoms with van der Waals surface area (Å²) < 4.78 is 12.8. The topological polar surface area (TPSA) is 93.2 Å². The highest BCUT2D eigenvalue weighted by Crippen LogP contribution is 2.64. The van der Waals surface area contributed by atoms with Crippen molar-refractivity contribution in [2.75, 3.05) is 19.6 Å². The van der Waals surface area contributed by atoms with Gasteiger partial charge in [-0.2, -0.15) is 0 Å². The van der Waals surface area contributed by atoms with E-state index in [-0.39, 0.29) is 47.0 Å². The average Bonchev–Trinajstić information content (AvgIpc) is 3.46. The summed E-state index contributed by atoms with van der Waals surface area (Å²) in [6.45, 7) is 4.91. The zero-order valence-electron chi connectivity index (χ0n) is 29.3. The Bertz CT molecular complexity index is 1740. The molecule has 8 heteroatoms. The van der Waals surface area contributed by atoms with E-state index >= 15 is 0 Å². The van der Waals surface area contributed by atoms with Crippen molar-refractivity contribution in [2.45, 2.75) is 102 Å². The Balaban J connectivity index is 1.17. The first-order chi connectivity index (χ1) is 24.3. The van der Waals surface area contributed by atoms with Crippen LogP contribution in [0.5, 0.6) is 11.5 Å². The number of piperidine rings is 1. The number of likely N-dealkylation sites (tertiary alicyclic amines) is 1. The smallest absolute Gasteiger partial charge is 0.308 e. The predicted octanol–water partition coefficient (Wildman–Crippen LogP) is 6.51. The fourth-order valence-electron chi connectivity index (χ4n) is 9.67. The Morgan fingerprint density at radius 3 is 2.38 bits per heavy atom. The summed E-state index contributed by atoms with van der Waals surface area (Å²) in [6, 6.07) is 23.7. The molecule has 0 radical (unpaired) electrons. The summed E-state index contributed by atoms with van der Waals surface area (Å²) in [5.74, 6) is 1.37. The summed E-state index contributed by atoms with van der Waals surface area (Å²) >= 11 is 0. The standard InChI is InChI=1S/C42H48N2O6/c1-28(45)27-43-25-23-42-33-20-21-34(41(42)50-40-37(49-29(2)46)22-19-32(39(40)42)26-35(33)43)44(24-11-14-30-12-5-3-6-13-30)38(48)18-10-9-17-36(47)31-15-7-4-8-16-31/h3-8,12-13,15-16,19,22,33-35,41H,9-11,14,17-18,20-21,23-27H2,1-2H3/t33-,34-,35+,41-,42-/m0/s1. The molecule has 2 bridgehead atoms. The zero-order valence-corrected chi connectivity index (χ0v) is 29.3. The molecular formula is C42H48N2O6. The Labute approximate surface area is 295 Å². The molecule has 3 aromatic carbocycles. The van der Waals surface area contributed by atoms with E-state index < -0.39 is 5.97 Å². The lowest BCUT2D eigenvalue weighted by Crippen LogP contribution is -2.69. The highest BCUT2D eigenvalue weighted by molar-refractivity contribution is 5.96. The maximum Gasteiger partial charge on any atom is 0.308 e. The summed E-state index contributed by atoms with van der Waals surface area (Å²) in [5.41, 5.74) is 3.97. The van der Waals surface area contributed by atoms with Crippen LogP contribution in [-0.2, 0) is 32.6 Å². The summed E-state index contributed by atoms with van der Waals surface area (Å²) in [7, 11) is 0. The minimum absolute atomic E-state index is 0.103. The molecule has 1 spiro atoms. The van der Waals surface area contributed by atoms with Gasteiger partial charge in [-0.1, -0.05) is 66.7 Å². The molecule has 1 amide bonds. The molecule has 3 aromatic rings. The van der Waals surface area contributed by atoms with E-state index in [1.54, 1.807) is 6.92 Å². The Morgan fingerprint density at radius 1 is 0.900 bits per heavy atom. The van der Waals surface area contributed by atoms with Crippen molar-refractivity contribution < 1.29 is 28.7 Å². The molecule has 0 N–H and O–H groups in total. The monoisotopic (exact) mass is 676 g/mol. The van der Waals surface area contributed by atoms with Crippen LogP contribution in [0.4, 0.5) is 0 Å². The van der Waals surface area contributed by atoms with Gasteiger partial charge >= 0.3 is 5.97 Å². The molecule has 262 valence electrons. The van der Waals surface area contributed by atoms with E-state index in [9.17, 15) is 19.2 Å². The number of benzene rings is 3. The van der Waals surface area contributed by atoms with Crippen LogP contribution < -0.4 is 9.47 Å². The maximum absolute atomic E-state index is 14.4. The molecule has 8 nitrogen and oxygen atoms in total. The van der Waals surface area contributed by atoms with Crippen molar-refractivity contribution in [3.8, 4) is 11.5 Å². The van der Waals surface area contributed by atoms with Crippen LogP contribution in [0.25, 0.3) is 0 Å². The number of carbonyl (C=O) groups is 4. The normalized spacial score (nSPS) is 24.5. The number of rotatable bonds is 14. The first-order valence-corrected chi connectivity index (χ1v) is 18.4.